The van der Waals surface area contributed by atoms with Crippen LogP contribution in [0.1, 0.15) is 29.8 Å². The van der Waals surface area contributed by atoms with Crippen LogP contribution >= 0.6 is 11.8 Å². The molecule has 8 nitrogen and oxygen atoms in total. The van der Waals surface area contributed by atoms with E-state index in [1.165, 1.54) is 0 Å². The second-order valence-electron chi connectivity index (χ2n) is 8.88. The van der Waals surface area contributed by atoms with Gasteiger partial charge in [0.15, 0.2) is 0 Å². The van der Waals surface area contributed by atoms with Gasteiger partial charge in [-0.2, -0.15) is 13.2 Å². The minimum absolute atomic E-state index is 0.295. The molecule has 2 saturated heterocycles. The molecule has 2 aromatic heterocycles. The SMILES string of the molecule is O=C1NC(=O)/C(=C\c2ccnc(N3CCC(CNCc4cc(C(F)(F)F)nc5ccccc45)CC3)n2)S1. The number of para-hydroxylation sites is 1. The fourth-order valence-corrected chi connectivity index (χ4v) is 5.10. The van der Waals surface area contributed by atoms with E-state index in [2.05, 4.69) is 30.5 Å². The number of anilines is 1. The van der Waals surface area contributed by atoms with Crippen molar-refractivity contribution in [2.24, 2.45) is 5.92 Å². The van der Waals surface area contributed by atoms with Crippen LogP contribution in [0.15, 0.2) is 47.5 Å². The molecule has 0 saturated carbocycles. The Labute approximate surface area is 214 Å². The molecule has 0 radical (unpaired) electrons. The molecule has 0 atom stereocenters. The molecule has 2 N–H and O–H groups in total. The number of benzene rings is 1. The number of alkyl halides is 3. The summed E-state index contributed by atoms with van der Waals surface area (Å²) in [4.78, 5) is 38.2. The highest BCUT2D eigenvalue weighted by atomic mass is 32.2. The number of fused-ring (bicyclic) bond motifs is 1. The number of thioether (sulfide) groups is 1. The van der Waals surface area contributed by atoms with Crippen molar-refractivity contribution in [1.82, 2.24) is 25.6 Å². The molecule has 1 aromatic carbocycles. The maximum Gasteiger partial charge on any atom is 0.433 e. The Morgan fingerprint density at radius 3 is 2.65 bits per heavy atom. The van der Waals surface area contributed by atoms with Crippen molar-refractivity contribution in [2.75, 3.05) is 24.5 Å². The van der Waals surface area contributed by atoms with Crippen molar-refractivity contribution < 1.29 is 22.8 Å². The maximum absolute atomic E-state index is 13.3. The maximum atomic E-state index is 13.3. The highest BCUT2D eigenvalue weighted by Crippen LogP contribution is 2.31. The van der Waals surface area contributed by atoms with Gasteiger partial charge in [0.1, 0.15) is 5.69 Å². The van der Waals surface area contributed by atoms with Gasteiger partial charge < -0.3 is 10.2 Å². The molecule has 4 heterocycles. The van der Waals surface area contributed by atoms with Gasteiger partial charge in [-0.15, -0.1) is 0 Å². The highest BCUT2D eigenvalue weighted by molar-refractivity contribution is 8.18. The average molecular weight is 529 g/mol. The Kier molecular flexibility index (Phi) is 7.11. The number of rotatable bonds is 6. The van der Waals surface area contributed by atoms with Crippen LogP contribution in [0.4, 0.5) is 23.9 Å². The summed E-state index contributed by atoms with van der Waals surface area (Å²) in [6.45, 7) is 2.46. The quantitative estimate of drug-likeness (QED) is 0.455. The number of carbonyl (C=O) groups is 2. The van der Waals surface area contributed by atoms with E-state index in [4.69, 9.17) is 0 Å². The summed E-state index contributed by atoms with van der Waals surface area (Å²) in [7, 11) is 0. The van der Waals surface area contributed by atoms with E-state index in [0.29, 0.717) is 52.0 Å². The van der Waals surface area contributed by atoms with Gasteiger partial charge in [0.05, 0.1) is 16.1 Å². The largest absolute Gasteiger partial charge is 0.433 e. The number of amides is 2. The van der Waals surface area contributed by atoms with E-state index in [1.54, 1.807) is 42.6 Å². The summed E-state index contributed by atoms with van der Waals surface area (Å²) in [5.41, 5.74) is 0.571. The number of hydrogen-bond acceptors (Lipinski definition) is 8. The number of carbonyl (C=O) groups excluding carboxylic acids is 2. The first-order valence-electron chi connectivity index (χ1n) is 11.8. The molecular weight excluding hydrogens is 505 g/mol. The van der Waals surface area contributed by atoms with Gasteiger partial charge in [0.25, 0.3) is 11.1 Å². The highest BCUT2D eigenvalue weighted by Gasteiger charge is 2.33. The van der Waals surface area contributed by atoms with Crippen LogP contribution in [0.2, 0.25) is 0 Å². The number of hydrogen-bond donors (Lipinski definition) is 2. The number of nitrogens with one attached hydrogen (secondary N) is 2. The number of imide groups is 1. The lowest BCUT2D eigenvalue weighted by Gasteiger charge is -2.32. The first-order valence-corrected chi connectivity index (χ1v) is 12.6. The lowest BCUT2D eigenvalue weighted by molar-refractivity contribution is -0.141. The van der Waals surface area contributed by atoms with E-state index < -0.39 is 23.0 Å². The topological polar surface area (TPSA) is 100 Å². The third kappa shape index (κ3) is 5.91. The number of piperidine rings is 1. The molecule has 192 valence electrons. The number of pyridine rings is 1. The summed E-state index contributed by atoms with van der Waals surface area (Å²) in [5.74, 6) is 0.484. The van der Waals surface area contributed by atoms with Gasteiger partial charge in [-0.25, -0.2) is 15.0 Å². The molecule has 2 fully saturated rings. The van der Waals surface area contributed by atoms with Gasteiger partial charge in [0, 0.05) is 31.2 Å². The molecule has 2 amide bonds. The molecule has 5 rings (SSSR count). The van der Waals surface area contributed by atoms with Crippen molar-refractivity contribution in [3.8, 4) is 0 Å². The van der Waals surface area contributed by atoms with Crippen LogP contribution in [0, 0.1) is 5.92 Å². The number of nitrogens with zero attached hydrogens (tertiary/aromatic N) is 4. The van der Waals surface area contributed by atoms with Gasteiger partial charge in [-0.05, 0) is 66.9 Å². The molecule has 2 aliphatic heterocycles. The van der Waals surface area contributed by atoms with Crippen LogP contribution in [0.25, 0.3) is 17.0 Å². The summed E-state index contributed by atoms with van der Waals surface area (Å²) in [5, 5.41) is 5.86. The zero-order valence-corrected chi connectivity index (χ0v) is 20.4. The first-order chi connectivity index (χ1) is 17.8. The lowest BCUT2D eigenvalue weighted by Crippen LogP contribution is -2.38. The Morgan fingerprint density at radius 1 is 1.14 bits per heavy atom. The van der Waals surface area contributed by atoms with Crippen molar-refractivity contribution >= 4 is 45.8 Å². The fraction of sp³-hybridized carbons (Fsp3) is 0.320. The fourth-order valence-electron chi connectivity index (χ4n) is 4.44. The van der Waals surface area contributed by atoms with Crippen molar-refractivity contribution in [1.29, 1.82) is 0 Å². The summed E-state index contributed by atoms with van der Waals surface area (Å²) in [6, 6.07) is 9.67. The molecule has 3 aromatic rings. The molecule has 0 unspecified atom stereocenters. The number of aromatic nitrogens is 3. The predicted molar refractivity (Wildman–Crippen MR) is 135 cm³/mol. The lowest BCUT2D eigenvalue weighted by atomic mass is 9.97. The molecule has 0 spiro atoms. The van der Waals surface area contributed by atoms with Gasteiger partial charge in [0.2, 0.25) is 5.95 Å². The van der Waals surface area contributed by atoms with E-state index in [-0.39, 0.29) is 0 Å². The van der Waals surface area contributed by atoms with E-state index >= 15 is 0 Å². The van der Waals surface area contributed by atoms with Gasteiger partial charge >= 0.3 is 6.18 Å². The van der Waals surface area contributed by atoms with Crippen molar-refractivity contribution in [2.45, 2.75) is 25.6 Å². The Morgan fingerprint density at radius 2 is 1.92 bits per heavy atom. The van der Waals surface area contributed by atoms with Crippen LogP contribution in [0.5, 0.6) is 0 Å². The molecule has 2 aliphatic rings. The zero-order chi connectivity index (χ0) is 26.0. The molecule has 0 bridgehead atoms. The summed E-state index contributed by atoms with van der Waals surface area (Å²) >= 11 is 0.840. The van der Waals surface area contributed by atoms with Gasteiger partial charge in [-0.1, -0.05) is 18.2 Å². The Bertz CT molecular complexity index is 1370. The molecule has 37 heavy (non-hydrogen) atoms. The van der Waals surface area contributed by atoms with Crippen LogP contribution in [-0.4, -0.2) is 45.7 Å². The third-order valence-corrected chi connectivity index (χ3v) is 7.13. The van der Waals surface area contributed by atoms with E-state index in [1.807, 2.05) is 0 Å². The van der Waals surface area contributed by atoms with E-state index in [0.717, 1.165) is 43.8 Å². The van der Waals surface area contributed by atoms with Crippen molar-refractivity contribution in [3.63, 3.8) is 0 Å². The van der Waals surface area contributed by atoms with E-state index in [9.17, 15) is 22.8 Å². The number of halogens is 3. The minimum atomic E-state index is -4.50. The first kappa shape index (κ1) is 25.2. The van der Waals surface area contributed by atoms with Crippen LogP contribution < -0.4 is 15.5 Å². The third-order valence-electron chi connectivity index (χ3n) is 6.32. The Hall–Kier alpha value is -3.51. The van der Waals surface area contributed by atoms with Crippen molar-refractivity contribution in [3.05, 3.63) is 64.5 Å². The van der Waals surface area contributed by atoms with Gasteiger partial charge in [-0.3, -0.25) is 14.9 Å². The summed E-state index contributed by atoms with van der Waals surface area (Å²) in [6.07, 6.45) is 0.440. The standard InChI is InChI=1S/C25H23F3N6O2S/c26-25(27,28)21-11-16(18-3-1-2-4-19(18)32-21)14-29-13-15-6-9-34(10-7-15)23-30-8-5-17(31-23)12-20-22(35)33-24(36)37-20/h1-5,8,11-12,15,29H,6-7,9-10,13-14H2,(H,33,35,36)/b20-12+. The second-order valence-corrected chi connectivity index (χ2v) is 9.89. The molecule has 0 aliphatic carbocycles. The smallest absolute Gasteiger partial charge is 0.341 e. The second kappa shape index (κ2) is 10.5. The monoisotopic (exact) mass is 528 g/mol. The van der Waals surface area contributed by atoms with Crippen LogP contribution in [0.3, 0.4) is 0 Å². The predicted octanol–water partition coefficient (Wildman–Crippen LogP) is 4.37. The normalized spacial score (nSPS) is 18.1. The average Bonchev–Trinajstić information content (AvgIpc) is 3.20. The Balaban J connectivity index is 1.17. The zero-order valence-electron chi connectivity index (χ0n) is 19.6. The molecular formula is C25H23F3N6O2S. The molecule has 12 heteroatoms. The minimum Gasteiger partial charge on any atom is -0.341 e. The van der Waals surface area contributed by atoms with Crippen LogP contribution in [-0.2, 0) is 17.5 Å². The summed E-state index contributed by atoms with van der Waals surface area (Å²) < 4.78 is 39.9.